The zero-order valence-electron chi connectivity index (χ0n) is 21.9. The summed E-state index contributed by atoms with van der Waals surface area (Å²) in [6.45, 7) is 3.98. The van der Waals surface area contributed by atoms with Gasteiger partial charge in [-0.05, 0) is 82.2 Å². The summed E-state index contributed by atoms with van der Waals surface area (Å²) in [5.74, 6) is -0.244. The van der Waals surface area contributed by atoms with E-state index in [4.69, 9.17) is 0 Å². The van der Waals surface area contributed by atoms with E-state index in [-0.39, 0.29) is 36.4 Å². The van der Waals surface area contributed by atoms with Gasteiger partial charge in [0.25, 0.3) is 5.91 Å². The summed E-state index contributed by atoms with van der Waals surface area (Å²) >= 11 is 0. The van der Waals surface area contributed by atoms with Crippen LogP contribution in [0, 0.1) is 0 Å². The molecule has 3 aromatic rings. The van der Waals surface area contributed by atoms with Gasteiger partial charge in [0.1, 0.15) is 23.1 Å². The summed E-state index contributed by atoms with van der Waals surface area (Å²) in [6, 6.07) is 10.5. The number of hydrogen-bond acceptors (Lipinski definition) is 5. The van der Waals surface area contributed by atoms with Gasteiger partial charge in [0.15, 0.2) is 0 Å². The first-order valence-electron chi connectivity index (χ1n) is 12.7. The Hall–Kier alpha value is -3.66. The molecule has 0 spiro atoms. The number of aromatic amines is 1. The molecule has 0 bridgehead atoms. The van der Waals surface area contributed by atoms with E-state index >= 15 is 0 Å². The van der Waals surface area contributed by atoms with E-state index in [0.29, 0.717) is 34.6 Å². The maximum Gasteiger partial charge on any atom is 0.387 e. The van der Waals surface area contributed by atoms with Crippen LogP contribution in [-0.4, -0.2) is 75.1 Å². The Bertz CT molecular complexity index is 1390. The van der Waals surface area contributed by atoms with Crippen LogP contribution < -0.4 is 4.74 Å². The van der Waals surface area contributed by atoms with E-state index in [9.17, 15) is 23.5 Å². The molecule has 3 amide bonds. The van der Waals surface area contributed by atoms with Crippen LogP contribution >= 0.6 is 0 Å². The van der Waals surface area contributed by atoms with Crippen molar-refractivity contribution in [3.63, 3.8) is 0 Å². The first-order chi connectivity index (χ1) is 18.0. The number of phenolic OH excluding ortho intramolecular Hbond substituents is 1. The van der Waals surface area contributed by atoms with Crippen LogP contribution in [0.5, 0.6) is 11.5 Å². The first kappa shape index (κ1) is 26.0. The third-order valence-electron chi connectivity index (χ3n) is 7.82. The molecule has 202 valence electrons. The molecule has 3 heterocycles. The van der Waals surface area contributed by atoms with Gasteiger partial charge in [-0.2, -0.15) is 8.78 Å². The SMILES string of the molecule is CC(C)N(C)CCCN1C(=O)N2C(c3cccc(O)c3)c3[nH]c4ccc(OC(F)F)cc4c3C[C@@]2(C)C1=O. The van der Waals surface area contributed by atoms with Crippen LogP contribution in [0.15, 0.2) is 42.5 Å². The maximum absolute atomic E-state index is 13.9. The van der Waals surface area contributed by atoms with Gasteiger partial charge in [0.05, 0.1) is 0 Å². The van der Waals surface area contributed by atoms with Crippen molar-refractivity contribution in [3.05, 3.63) is 59.3 Å². The first-order valence-corrected chi connectivity index (χ1v) is 12.7. The Morgan fingerprint density at radius 2 is 1.97 bits per heavy atom. The van der Waals surface area contributed by atoms with Gasteiger partial charge >= 0.3 is 12.6 Å². The second-order valence-electron chi connectivity index (χ2n) is 10.6. The van der Waals surface area contributed by atoms with Crippen LogP contribution in [0.4, 0.5) is 13.6 Å². The molecule has 2 aliphatic rings. The van der Waals surface area contributed by atoms with Gasteiger partial charge in [-0.25, -0.2) is 4.79 Å². The fraction of sp³-hybridized carbons (Fsp3) is 0.429. The Morgan fingerprint density at radius 3 is 2.66 bits per heavy atom. The van der Waals surface area contributed by atoms with Crippen LogP contribution in [0.1, 0.15) is 50.1 Å². The monoisotopic (exact) mass is 526 g/mol. The van der Waals surface area contributed by atoms with Crippen molar-refractivity contribution in [2.45, 2.75) is 57.8 Å². The summed E-state index contributed by atoms with van der Waals surface area (Å²) in [7, 11) is 2.00. The van der Waals surface area contributed by atoms with Crippen LogP contribution in [-0.2, 0) is 11.2 Å². The number of halogens is 2. The minimum Gasteiger partial charge on any atom is -0.508 e. The lowest BCUT2D eigenvalue weighted by Crippen LogP contribution is -2.53. The van der Waals surface area contributed by atoms with Gasteiger partial charge in [-0.1, -0.05) is 12.1 Å². The Morgan fingerprint density at radius 1 is 1.21 bits per heavy atom. The Labute approximate surface area is 219 Å². The zero-order chi connectivity index (χ0) is 27.4. The molecule has 1 fully saturated rings. The number of hydrogen-bond donors (Lipinski definition) is 2. The molecule has 8 nitrogen and oxygen atoms in total. The number of fused-ring (bicyclic) bond motifs is 4. The van der Waals surface area contributed by atoms with Gasteiger partial charge < -0.3 is 19.7 Å². The molecule has 5 rings (SSSR count). The fourth-order valence-corrected chi connectivity index (χ4v) is 5.64. The highest BCUT2D eigenvalue weighted by Gasteiger charge is 2.60. The van der Waals surface area contributed by atoms with E-state index in [1.807, 2.05) is 7.05 Å². The van der Waals surface area contributed by atoms with Crippen molar-refractivity contribution in [1.29, 1.82) is 0 Å². The van der Waals surface area contributed by atoms with Crippen LogP contribution in [0.2, 0.25) is 0 Å². The predicted octanol–water partition coefficient (Wildman–Crippen LogP) is 4.87. The predicted molar refractivity (Wildman–Crippen MR) is 138 cm³/mol. The number of alkyl halides is 2. The number of urea groups is 1. The minimum atomic E-state index is -2.97. The number of phenols is 1. The highest BCUT2D eigenvalue weighted by molar-refractivity contribution is 6.08. The second-order valence-corrected chi connectivity index (χ2v) is 10.6. The standard InChI is InChI=1S/C28H32F2N4O4/c1-16(2)32(4)11-6-12-33-25(36)28(3)15-21-20-14-19(38-26(29)30)9-10-22(20)31-23(21)24(34(28)27(33)37)17-7-5-8-18(35)13-17/h5,7-10,13-14,16,24,26,31,35H,6,11-12,15H2,1-4H3/t24?,28-/m0/s1. The van der Waals surface area contributed by atoms with Crippen molar-refractivity contribution in [2.24, 2.45) is 0 Å². The zero-order valence-corrected chi connectivity index (χ0v) is 21.9. The smallest absolute Gasteiger partial charge is 0.387 e. The average molecular weight is 527 g/mol. The molecule has 38 heavy (non-hydrogen) atoms. The average Bonchev–Trinajstić information content (AvgIpc) is 3.29. The summed E-state index contributed by atoms with van der Waals surface area (Å²) < 4.78 is 30.5. The molecule has 2 aliphatic heterocycles. The molecule has 1 saturated heterocycles. The van der Waals surface area contributed by atoms with Crippen molar-refractivity contribution in [2.75, 3.05) is 20.1 Å². The molecule has 2 N–H and O–H groups in total. The Kier molecular flexibility index (Phi) is 6.54. The van der Waals surface area contributed by atoms with Crippen molar-refractivity contribution in [3.8, 4) is 11.5 Å². The number of nitrogens with zero attached hydrogens (tertiary/aromatic N) is 3. The molecule has 1 unspecified atom stereocenters. The number of aromatic hydroxyl groups is 1. The van der Waals surface area contributed by atoms with E-state index < -0.39 is 18.2 Å². The number of nitrogens with one attached hydrogen (secondary N) is 1. The van der Waals surface area contributed by atoms with Crippen molar-refractivity contribution < 1.29 is 28.2 Å². The number of H-pyrrole nitrogens is 1. The van der Waals surface area contributed by atoms with E-state index in [1.165, 1.54) is 17.0 Å². The highest BCUT2D eigenvalue weighted by atomic mass is 19.3. The van der Waals surface area contributed by atoms with Crippen molar-refractivity contribution in [1.82, 2.24) is 19.7 Å². The normalized spacial score (nSPS) is 21.2. The van der Waals surface area contributed by atoms with Gasteiger partial charge in [-0.15, -0.1) is 0 Å². The van der Waals surface area contributed by atoms with Gasteiger partial charge in [0.2, 0.25) is 0 Å². The Balaban J connectivity index is 1.59. The summed E-state index contributed by atoms with van der Waals surface area (Å²) in [5, 5.41) is 10.9. The number of ether oxygens (including phenoxy) is 1. The molecule has 10 heteroatoms. The van der Waals surface area contributed by atoms with E-state index in [0.717, 1.165) is 12.1 Å². The highest BCUT2D eigenvalue weighted by Crippen LogP contribution is 2.49. The number of amides is 3. The second kappa shape index (κ2) is 9.58. The molecule has 2 atom stereocenters. The van der Waals surface area contributed by atoms with Gasteiger partial charge in [-0.3, -0.25) is 14.6 Å². The molecular formula is C28H32F2N4O4. The molecule has 0 aliphatic carbocycles. The van der Waals surface area contributed by atoms with Crippen molar-refractivity contribution >= 4 is 22.8 Å². The molecule has 1 aromatic heterocycles. The number of rotatable bonds is 8. The lowest BCUT2D eigenvalue weighted by atomic mass is 9.81. The molecule has 0 radical (unpaired) electrons. The minimum absolute atomic E-state index is 0.0144. The molecule has 0 saturated carbocycles. The third kappa shape index (κ3) is 4.26. The largest absolute Gasteiger partial charge is 0.508 e. The fourth-order valence-electron chi connectivity index (χ4n) is 5.64. The van der Waals surface area contributed by atoms with E-state index in [1.54, 1.807) is 42.2 Å². The summed E-state index contributed by atoms with van der Waals surface area (Å²) in [4.78, 5) is 36.2. The topological polar surface area (TPSA) is 89.1 Å². The number of carbonyl (C=O) groups is 2. The molecule has 2 aromatic carbocycles. The van der Waals surface area contributed by atoms with E-state index in [2.05, 4.69) is 28.5 Å². The van der Waals surface area contributed by atoms with Crippen LogP contribution in [0.3, 0.4) is 0 Å². The number of carbonyl (C=O) groups excluding carboxylic acids is 2. The maximum atomic E-state index is 13.9. The summed E-state index contributed by atoms with van der Waals surface area (Å²) in [6.07, 6.45) is 0.845. The number of imide groups is 1. The summed E-state index contributed by atoms with van der Waals surface area (Å²) in [5.41, 5.74) is 1.56. The number of benzene rings is 2. The van der Waals surface area contributed by atoms with Gasteiger partial charge in [0, 0.05) is 35.6 Å². The third-order valence-corrected chi connectivity index (χ3v) is 7.82. The molecular weight excluding hydrogens is 494 g/mol. The van der Waals surface area contributed by atoms with Crippen LogP contribution in [0.25, 0.3) is 10.9 Å². The lowest BCUT2D eigenvalue weighted by molar-refractivity contribution is -0.133. The quantitative estimate of drug-likeness (QED) is 0.409. The lowest BCUT2D eigenvalue weighted by Gasteiger charge is -2.42. The number of aromatic nitrogens is 1.